The second-order valence-corrected chi connectivity index (χ2v) is 9.22. The van der Waals surface area contributed by atoms with Crippen molar-refractivity contribution in [1.29, 1.82) is 0 Å². The third-order valence-electron chi connectivity index (χ3n) is 5.46. The van der Waals surface area contributed by atoms with Gasteiger partial charge in [-0.15, -0.1) is 0 Å². The van der Waals surface area contributed by atoms with Crippen molar-refractivity contribution in [2.75, 3.05) is 18.9 Å². The van der Waals surface area contributed by atoms with Crippen molar-refractivity contribution in [3.63, 3.8) is 0 Å². The number of aromatic nitrogens is 4. The van der Waals surface area contributed by atoms with E-state index in [1.807, 2.05) is 65.2 Å². The maximum Gasteiger partial charge on any atom is 0.333 e. The number of imidazole rings is 1. The molecule has 1 fully saturated rings. The molecule has 10 heteroatoms. The number of nitrogen functional groups attached to an aromatic ring is 1. The average molecular weight is 479 g/mol. The third-order valence-corrected chi connectivity index (χ3v) is 6.52. The molecule has 176 valence electrons. The number of fused-ring (bicyclic) bond motifs is 1. The van der Waals surface area contributed by atoms with E-state index in [2.05, 4.69) is 15.0 Å². The first-order valence-corrected chi connectivity index (χ1v) is 12.2. The summed E-state index contributed by atoms with van der Waals surface area (Å²) in [5.74, 6) is 0.794. The van der Waals surface area contributed by atoms with Crippen molar-refractivity contribution in [3.8, 4) is 5.88 Å². The summed E-state index contributed by atoms with van der Waals surface area (Å²) in [6.45, 7) is 2.75. The van der Waals surface area contributed by atoms with Gasteiger partial charge < -0.3 is 28.6 Å². The molecule has 1 aliphatic heterocycles. The van der Waals surface area contributed by atoms with E-state index < -0.39 is 8.60 Å². The van der Waals surface area contributed by atoms with Gasteiger partial charge in [-0.2, -0.15) is 9.97 Å². The van der Waals surface area contributed by atoms with Crippen LogP contribution in [0.1, 0.15) is 17.5 Å². The van der Waals surface area contributed by atoms with Crippen molar-refractivity contribution in [3.05, 3.63) is 78.1 Å². The van der Waals surface area contributed by atoms with E-state index in [0.29, 0.717) is 50.0 Å². The first kappa shape index (κ1) is 22.7. The fraction of sp³-hybridized carbons (Fsp3) is 0.292. The highest BCUT2D eigenvalue weighted by Gasteiger charge is 2.25. The molecular formula is C24H26N5O4P. The van der Waals surface area contributed by atoms with Crippen LogP contribution >= 0.6 is 8.60 Å². The lowest BCUT2D eigenvalue weighted by atomic mass is 10.1. The zero-order valence-electron chi connectivity index (χ0n) is 18.6. The zero-order valence-corrected chi connectivity index (χ0v) is 19.5. The summed E-state index contributed by atoms with van der Waals surface area (Å²) in [5.41, 5.74) is 9.34. The van der Waals surface area contributed by atoms with Gasteiger partial charge in [-0.1, -0.05) is 60.7 Å². The number of hydrogen-bond acceptors (Lipinski definition) is 8. The van der Waals surface area contributed by atoms with Crippen LogP contribution in [0.4, 0.5) is 5.95 Å². The summed E-state index contributed by atoms with van der Waals surface area (Å²) in [5, 5.41) is 0. The Morgan fingerprint density at radius 3 is 2.32 bits per heavy atom. The molecule has 0 saturated carbocycles. The molecule has 5 rings (SSSR count). The van der Waals surface area contributed by atoms with E-state index in [1.165, 1.54) is 0 Å². The Kier molecular flexibility index (Phi) is 7.26. The Bertz CT molecular complexity index is 1200. The highest BCUT2D eigenvalue weighted by atomic mass is 31.2. The van der Waals surface area contributed by atoms with Gasteiger partial charge in [0.2, 0.25) is 11.8 Å². The SMILES string of the molecule is Nc1nc(OCc2ccccc2)c2ncn(CCC3COP(OCc4ccccc4)OC3)c2n1. The predicted octanol–water partition coefficient (Wildman–Crippen LogP) is 4.48. The number of hydrogen-bond donors (Lipinski definition) is 1. The van der Waals surface area contributed by atoms with E-state index in [9.17, 15) is 0 Å². The number of benzene rings is 2. The summed E-state index contributed by atoms with van der Waals surface area (Å²) in [6.07, 6.45) is 2.59. The van der Waals surface area contributed by atoms with Gasteiger partial charge in [0, 0.05) is 12.5 Å². The number of nitrogens with two attached hydrogens (primary N) is 1. The molecule has 2 aromatic carbocycles. The normalized spacial score (nSPS) is 18.2. The fourth-order valence-electron chi connectivity index (χ4n) is 3.61. The molecule has 0 radical (unpaired) electrons. The molecule has 0 aliphatic carbocycles. The molecule has 4 aromatic rings. The van der Waals surface area contributed by atoms with Gasteiger partial charge in [-0.05, 0) is 17.5 Å². The highest BCUT2D eigenvalue weighted by Crippen LogP contribution is 2.45. The molecule has 0 amide bonds. The van der Waals surface area contributed by atoms with Crippen LogP contribution in [-0.2, 0) is 33.3 Å². The van der Waals surface area contributed by atoms with Crippen LogP contribution in [0.2, 0.25) is 0 Å². The Morgan fingerprint density at radius 1 is 0.941 bits per heavy atom. The average Bonchev–Trinajstić information content (AvgIpc) is 3.29. The summed E-state index contributed by atoms with van der Waals surface area (Å²) < 4.78 is 25.3. The first-order chi connectivity index (χ1) is 16.7. The second-order valence-electron chi connectivity index (χ2n) is 8.00. The molecule has 0 unspecified atom stereocenters. The molecule has 2 N–H and O–H groups in total. The first-order valence-electron chi connectivity index (χ1n) is 11.1. The third kappa shape index (κ3) is 5.69. The van der Waals surface area contributed by atoms with Crippen LogP contribution in [0, 0.1) is 5.92 Å². The Morgan fingerprint density at radius 2 is 1.62 bits per heavy atom. The van der Waals surface area contributed by atoms with E-state index >= 15 is 0 Å². The van der Waals surface area contributed by atoms with Gasteiger partial charge in [0.1, 0.15) is 6.61 Å². The van der Waals surface area contributed by atoms with Crippen molar-refractivity contribution >= 4 is 25.7 Å². The van der Waals surface area contributed by atoms with E-state index in [-0.39, 0.29) is 11.9 Å². The van der Waals surface area contributed by atoms with Gasteiger partial charge in [-0.25, -0.2) is 4.98 Å². The summed E-state index contributed by atoms with van der Waals surface area (Å²) >= 11 is 0. The molecule has 2 aromatic heterocycles. The van der Waals surface area contributed by atoms with Crippen molar-refractivity contribution in [2.45, 2.75) is 26.2 Å². The maximum atomic E-state index is 5.95. The largest absolute Gasteiger partial charge is 0.471 e. The lowest BCUT2D eigenvalue weighted by Gasteiger charge is -2.27. The number of ether oxygens (including phenoxy) is 1. The molecule has 1 aliphatic rings. The van der Waals surface area contributed by atoms with Crippen LogP contribution < -0.4 is 10.5 Å². The van der Waals surface area contributed by atoms with Crippen LogP contribution in [-0.4, -0.2) is 32.7 Å². The number of aryl methyl sites for hydroxylation is 1. The van der Waals surface area contributed by atoms with Crippen LogP contribution in [0.15, 0.2) is 67.0 Å². The predicted molar refractivity (Wildman–Crippen MR) is 129 cm³/mol. The Hall–Kier alpha value is -3.10. The molecular weight excluding hydrogens is 453 g/mol. The molecule has 3 heterocycles. The molecule has 0 atom stereocenters. The molecule has 1 saturated heterocycles. The molecule has 34 heavy (non-hydrogen) atoms. The van der Waals surface area contributed by atoms with Gasteiger partial charge >= 0.3 is 8.60 Å². The topological polar surface area (TPSA) is 107 Å². The van der Waals surface area contributed by atoms with E-state index in [0.717, 1.165) is 17.5 Å². The van der Waals surface area contributed by atoms with Crippen molar-refractivity contribution < 1.29 is 18.3 Å². The zero-order chi connectivity index (χ0) is 23.2. The van der Waals surface area contributed by atoms with Crippen LogP contribution in [0.3, 0.4) is 0 Å². The molecule has 0 bridgehead atoms. The minimum Gasteiger partial charge on any atom is -0.471 e. The fourth-order valence-corrected chi connectivity index (χ4v) is 4.75. The lowest BCUT2D eigenvalue weighted by Crippen LogP contribution is -2.21. The monoisotopic (exact) mass is 479 g/mol. The van der Waals surface area contributed by atoms with E-state index in [4.69, 9.17) is 24.0 Å². The van der Waals surface area contributed by atoms with Crippen molar-refractivity contribution in [2.24, 2.45) is 5.92 Å². The van der Waals surface area contributed by atoms with Crippen LogP contribution in [0.5, 0.6) is 5.88 Å². The van der Waals surface area contributed by atoms with Crippen molar-refractivity contribution in [1.82, 2.24) is 19.5 Å². The molecule has 0 spiro atoms. The van der Waals surface area contributed by atoms with Gasteiger partial charge in [0.15, 0.2) is 11.2 Å². The maximum absolute atomic E-state index is 5.95. The second kappa shape index (κ2) is 10.9. The molecule has 9 nitrogen and oxygen atoms in total. The summed E-state index contributed by atoms with van der Waals surface area (Å²) in [6, 6.07) is 19.9. The number of anilines is 1. The lowest BCUT2D eigenvalue weighted by molar-refractivity contribution is 0.0644. The summed E-state index contributed by atoms with van der Waals surface area (Å²) in [4.78, 5) is 13.1. The summed E-state index contributed by atoms with van der Waals surface area (Å²) in [7, 11) is -1.31. The standard InChI is InChI=1S/C24H26N5O4P/c25-24-27-22-21(23(28-24)30-13-18-7-3-1-4-8-18)26-17-29(22)12-11-20-15-32-34(33-16-20)31-14-19-9-5-2-6-10-19/h1-10,17,20H,11-16H2,(H2,25,27,28). The quantitative estimate of drug-likeness (QED) is 0.350. The van der Waals surface area contributed by atoms with Gasteiger partial charge in [0.05, 0.1) is 26.1 Å². The van der Waals surface area contributed by atoms with Crippen LogP contribution in [0.25, 0.3) is 11.2 Å². The minimum atomic E-state index is -1.31. The van der Waals surface area contributed by atoms with Gasteiger partial charge in [-0.3, -0.25) is 0 Å². The highest BCUT2D eigenvalue weighted by molar-refractivity contribution is 7.41. The van der Waals surface area contributed by atoms with E-state index in [1.54, 1.807) is 6.33 Å². The smallest absolute Gasteiger partial charge is 0.333 e. The number of rotatable bonds is 9. The van der Waals surface area contributed by atoms with Gasteiger partial charge in [0.25, 0.3) is 0 Å². The number of nitrogens with zero attached hydrogens (tertiary/aromatic N) is 4. The Balaban J connectivity index is 1.14. The minimum absolute atomic E-state index is 0.155. The Labute approximate surface area is 198 Å².